The minimum Gasteiger partial charge on any atom is -0.380 e. The topological polar surface area (TPSA) is 61.4 Å². The Morgan fingerprint density at radius 2 is 2.29 bits per heavy atom. The van der Waals surface area contributed by atoms with Crippen LogP contribution >= 0.6 is 11.3 Å². The molecule has 24 heavy (non-hydrogen) atoms. The number of amides is 1. The van der Waals surface area contributed by atoms with Gasteiger partial charge in [0, 0.05) is 32.6 Å². The van der Waals surface area contributed by atoms with Gasteiger partial charge in [-0.15, -0.1) is 0 Å². The van der Waals surface area contributed by atoms with Gasteiger partial charge in [0.2, 0.25) is 5.82 Å². The van der Waals surface area contributed by atoms with E-state index in [1.807, 2.05) is 11.5 Å². The number of fused-ring (bicyclic) bond motifs is 1. The fraction of sp³-hybridized carbons (Fsp3) is 0.312. The summed E-state index contributed by atoms with van der Waals surface area (Å²) in [6, 6.07) is 4.54. The highest BCUT2D eigenvalue weighted by molar-refractivity contribution is 7.16. The van der Waals surface area contributed by atoms with Gasteiger partial charge in [0.25, 0.3) is 0 Å². The second-order valence-corrected chi connectivity index (χ2v) is 6.13. The first-order valence-electron chi connectivity index (χ1n) is 7.53. The van der Waals surface area contributed by atoms with Gasteiger partial charge in [-0.05, 0) is 25.1 Å². The Labute approximate surface area is 141 Å². The van der Waals surface area contributed by atoms with Crippen molar-refractivity contribution in [2.45, 2.75) is 13.5 Å². The molecule has 0 bridgehead atoms. The Balaban J connectivity index is 2.08. The van der Waals surface area contributed by atoms with Crippen molar-refractivity contribution in [1.82, 2.24) is 14.1 Å². The minimum absolute atomic E-state index is 0.259. The Bertz CT molecular complexity index is 941. The average molecular weight is 348 g/mol. The summed E-state index contributed by atoms with van der Waals surface area (Å²) in [7, 11) is 1.74. The number of carbonyl (C=O) groups is 1. The summed E-state index contributed by atoms with van der Waals surface area (Å²) in [5.74, 6) is -0.489. The molecule has 3 rings (SSSR count). The van der Waals surface area contributed by atoms with E-state index in [0.29, 0.717) is 24.6 Å². The van der Waals surface area contributed by atoms with Crippen molar-refractivity contribution in [3.05, 3.63) is 47.0 Å². The molecule has 0 atom stereocenters. The fourth-order valence-electron chi connectivity index (χ4n) is 2.36. The molecule has 2 aromatic heterocycles. The number of aromatic nitrogens is 3. The lowest BCUT2D eigenvalue weighted by Gasteiger charge is -2.05. The molecule has 2 heterocycles. The summed E-state index contributed by atoms with van der Waals surface area (Å²) in [5, 5.41) is 0. The van der Waals surface area contributed by atoms with Crippen LogP contribution in [0.2, 0.25) is 0 Å². The molecule has 0 saturated heterocycles. The van der Waals surface area contributed by atoms with Gasteiger partial charge < -0.3 is 13.9 Å². The smallest absolute Gasteiger partial charge is 0.315 e. The monoisotopic (exact) mass is 348 g/mol. The normalized spacial score (nSPS) is 12.2. The van der Waals surface area contributed by atoms with Crippen LogP contribution in [0.1, 0.15) is 17.5 Å². The number of aryl methyl sites for hydroxylation is 1. The molecule has 0 saturated carbocycles. The van der Waals surface area contributed by atoms with E-state index in [-0.39, 0.29) is 11.6 Å². The van der Waals surface area contributed by atoms with Crippen LogP contribution in [0.4, 0.5) is 4.39 Å². The summed E-state index contributed by atoms with van der Waals surface area (Å²) in [4.78, 5) is 21.1. The van der Waals surface area contributed by atoms with Crippen LogP contribution in [0.25, 0.3) is 10.2 Å². The van der Waals surface area contributed by atoms with Crippen LogP contribution in [-0.2, 0) is 18.3 Å². The standard InChI is InChI=1S/C16H17FN4O2S/c1-3-23-9-8-21-12-5-4-11(17)10-13(12)24-16(21)19-15(22)14-18-6-7-20(14)2/h4-7,10H,3,8-9H2,1-2H3. The summed E-state index contributed by atoms with van der Waals surface area (Å²) in [5.41, 5.74) is 0.826. The number of ether oxygens (including phenoxy) is 1. The quantitative estimate of drug-likeness (QED) is 0.665. The molecule has 6 nitrogen and oxygen atoms in total. The van der Waals surface area contributed by atoms with Crippen molar-refractivity contribution < 1.29 is 13.9 Å². The minimum atomic E-state index is -0.431. The molecule has 0 unspecified atom stereocenters. The molecule has 126 valence electrons. The highest BCUT2D eigenvalue weighted by Gasteiger charge is 2.12. The maximum atomic E-state index is 13.5. The molecule has 0 aliphatic heterocycles. The number of hydrogen-bond donors (Lipinski definition) is 0. The highest BCUT2D eigenvalue weighted by Crippen LogP contribution is 2.18. The molecule has 0 radical (unpaired) electrons. The summed E-state index contributed by atoms with van der Waals surface area (Å²) < 4.78 is 23.1. The first kappa shape index (κ1) is 16.5. The average Bonchev–Trinajstić information content (AvgIpc) is 3.11. The molecule has 1 amide bonds. The molecule has 3 aromatic rings. The second-order valence-electron chi connectivity index (χ2n) is 5.12. The fourth-order valence-corrected chi connectivity index (χ4v) is 3.44. The number of nitrogens with zero attached hydrogens (tertiary/aromatic N) is 4. The predicted octanol–water partition coefficient (Wildman–Crippen LogP) is 2.35. The number of thiazole rings is 1. The third kappa shape index (κ3) is 3.29. The first-order chi connectivity index (χ1) is 11.6. The Morgan fingerprint density at radius 1 is 1.46 bits per heavy atom. The highest BCUT2D eigenvalue weighted by atomic mass is 32.1. The van der Waals surface area contributed by atoms with Gasteiger partial charge in [-0.2, -0.15) is 4.99 Å². The van der Waals surface area contributed by atoms with E-state index in [1.54, 1.807) is 30.1 Å². The Hall–Kier alpha value is -2.32. The van der Waals surface area contributed by atoms with E-state index in [9.17, 15) is 9.18 Å². The summed E-state index contributed by atoms with van der Waals surface area (Å²) in [6.45, 7) is 3.55. The molecule has 0 aliphatic carbocycles. The van der Waals surface area contributed by atoms with Crippen molar-refractivity contribution in [1.29, 1.82) is 0 Å². The summed E-state index contributed by atoms with van der Waals surface area (Å²) >= 11 is 1.27. The van der Waals surface area contributed by atoms with Gasteiger partial charge in [-0.25, -0.2) is 9.37 Å². The number of rotatable bonds is 5. The van der Waals surface area contributed by atoms with Gasteiger partial charge >= 0.3 is 5.91 Å². The van der Waals surface area contributed by atoms with E-state index >= 15 is 0 Å². The van der Waals surface area contributed by atoms with Gasteiger partial charge in [0.15, 0.2) is 4.80 Å². The lowest BCUT2D eigenvalue weighted by atomic mass is 10.3. The molecule has 0 aliphatic rings. The number of hydrogen-bond acceptors (Lipinski definition) is 4. The van der Waals surface area contributed by atoms with E-state index < -0.39 is 5.91 Å². The molecule has 0 spiro atoms. The number of benzene rings is 1. The molecule has 8 heteroatoms. The van der Waals surface area contributed by atoms with Gasteiger partial charge in [-0.1, -0.05) is 11.3 Å². The molecule has 0 fully saturated rings. The zero-order chi connectivity index (χ0) is 17.1. The number of carbonyl (C=O) groups excluding carboxylic acids is 1. The third-order valence-corrected chi connectivity index (χ3v) is 4.56. The van der Waals surface area contributed by atoms with Gasteiger partial charge in [0.1, 0.15) is 5.82 Å². The number of halogens is 1. The lowest BCUT2D eigenvalue weighted by molar-refractivity contribution is 0.0984. The third-order valence-electron chi connectivity index (χ3n) is 3.52. The lowest BCUT2D eigenvalue weighted by Crippen LogP contribution is -2.20. The van der Waals surface area contributed by atoms with E-state index in [4.69, 9.17) is 4.74 Å². The molecule has 0 N–H and O–H groups in total. The van der Waals surface area contributed by atoms with E-state index in [1.165, 1.54) is 23.5 Å². The van der Waals surface area contributed by atoms with Crippen LogP contribution in [0.15, 0.2) is 35.6 Å². The first-order valence-corrected chi connectivity index (χ1v) is 8.35. The molecular weight excluding hydrogens is 331 g/mol. The van der Waals surface area contributed by atoms with Crippen LogP contribution in [0.5, 0.6) is 0 Å². The maximum absolute atomic E-state index is 13.5. The predicted molar refractivity (Wildman–Crippen MR) is 89.4 cm³/mol. The zero-order valence-corrected chi connectivity index (χ0v) is 14.2. The Morgan fingerprint density at radius 3 is 3.00 bits per heavy atom. The Kier molecular flexibility index (Phi) is 4.86. The van der Waals surface area contributed by atoms with Gasteiger partial charge in [-0.3, -0.25) is 4.79 Å². The number of imidazole rings is 1. The second kappa shape index (κ2) is 7.06. The van der Waals surface area contributed by atoms with Crippen LogP contribution in [-0.4, -0.2) is 33.2 Å². The van der Waals surface area contributed by atoms with Crippen molar-refractivity contribution in [2.24, 2.45) is 12.0 Å². The molecular formula is C16H17FN4O2S. The van der Waals surface area contributed by atoms with Crippen LogP contribution in [0, 0.1) is 5.82 Å². The van der Waals surface area contributed by atoms with Crippen molar-refractivity contribution >= 4 is 27.5 Å². The van der Waals surface area contributed by atoms with Crippen molar-refractivity contribution in [3.63, 3.8) is 0 Å². The van der Waals surface area contributed by atoms with Crippen molar-refractivity contribution in [2.75, 3.05) is 13.2 Å². The van der Waals surface area contributed by atoms with Gasteiger partial charge in [0.05, 0.1) is 16.8 Å². The van der Waals surface area contributed by atoms with Crippen LogP contribution < -0.4 is 4.80 Å². The van der Waals surface area contributed by atoms with E-state index in [2.05, 4.69) is 9.98 Å². The maximum Gasteiger partial charge on any atom is 0.315 e. The van der Waals surface area contributed by atoms with Crippen LogP contribution in [0.3, 0.4) is 0 Å². The SMILES string of the molecule is CCOCCn1c(=NC(=O)c2nccn2C)sc2cc(F)ccc21. The van der Waals surface area contributed by atoms with Crippen molar-refractivity contribution in [3.8, 4) is 0 Å². The largest absolute Gasteiger partial charge is 0.380 e. The van der Waals surface area contributed by atoms with E-state index in [0.717, 1.165) is 10.2 Å². The molecule has 1 aromatic carbocycles. The summed E-state index contributed by atoms with van der Waals surface area (Å²) in [6.07, 6.45) is 3.23. The zero-order valence-electron chi connectivity index (χ0n) is 13.4.